The van der Waals surface area contributed by atoms with Gasteiger partial charge >= 0.3 is 20.2 Å². The van der Waals surface area contributed by atoms with Gasteiger partial charge in [-0.25, -0.2) is 0 Å². The Bertz CT molecular complexity index is 6.00. The predicted octanol–water partition coefficient (Wildman–Crippen LogP) is -2.02. The van der Waals surface area contributed by atoms with Crippen molar-refractivity contribution in [1.82, 2.24) is 0 Å². The van der Waals surface area contributed by atoms with Crippen molar-refractivity contribution < 1.29 is 4.79 Å². The molecule has 0 rings (SSSR count). The van der Waals surface area contributed by atoms with Crippen LogP contribution in [-0.4, -0.2) is 27.0 Å². The fraction of sp³-hybridized carbons (Fsp3) is 0. The summed E-state index contributed by atoms with van der Waals surface area (Å²) in [5.74, 6) is 0. The van der Waals surface area contributed by atoms with E-state index in [0.717, 1.165) is 0 Å². The van der Waals surface area contributed by atoms with E-state index < -0.39 is 0 Å². The summed E-state index contributed by atoms with van der Waals surface area (Å²) in [5, 5.41) is 0. The van der Waals surface area contributed by atoms with E-state index in [1.807, 2.05) is 6.79 Å². The molecule has 0 aliphatic carbocycles. The zero-order valence-corrected chi connectivity index (χ0v) is 1.12. The Morgan fingerprint density at radius 2 is 1.00 bits per heavy atom. The molecule has 0 saturated carbocycles. The first-order chi connectivity index (χ1) is 1.00. The normalized spacial score (nSPS) is 1.00. The Morgan fingerprint density at radius 3 is 1.00 bits per heavy atom. The van der Waals surface area contributed by atoms with Crippen molar-refractivity contribution >= 4 is 27.0 Å². The molecule has 0 aliphatic heterocycles. The molecule has 0 atom stereocenters. The van der Waals surface area contributed by atoms with Gasteiger partial charge in [0, 0.05) is 0 Å². The van der Waals surface area contributed by atoms with Crippen LogP contribution in [0.2, 0.25) is 0 Å². The Kier molecular flexibility index (Phi) is 1840000. The van der Waals surface area contributed by atoms with Gasteiger partial charge in [-0.1, -0.05) is 0 Å². The third-order valence-corrected chi connectivity index (χ3v) is 0. The van der Waals surface area contributed by atoms with E-state index in [-0.39, 0.29) is 20.2 Å². The van der Waals surface area contributed by atoms with Crippen LogP contribution in [-0.2, 0) is 4.79 Å². The van der Waals surface area contributed by atoms with Gasteiger partial charge in [0.25, 0.3) is 0 Å². The summed E-state index contributed by atoms with van der Waals surface area (Å²) in [6.07, 6.45) is 0. The van der Waals surface area contributed by atoms with Crippen LogP contribution >= 0.6 is 0 Å². The Hall–Kier alpha value is 0.00766. The first kappa shape index (κ1) is 35.7. The number of rotatable bonds is 0. The number of hydrogen-bond donors (Lipinski definition) is 0. The average Bonchev–Trinajstić information content (AvgIpc) is 1.00. The average molecular weight is 52.1 g/mol. The number of carbonyl (C=O) groups excluding carboxylic acids is 1. The van der Waals surface area contributed by atoms with Crippen molar-refractivity contribution in [2.24, 2.45) is 0 Å². The van der Waals surface area contributed by atoms with Gasteiger partial charge in [0.15, 0.2) is 0 Å². The van der Waals surface area contributed by atoms with Gasteiger partial charge in [-0.15, -0.1) is 0 Å². The van der Waals surface area contributed by atoms with Gasteiger partial charge in [0.1, 0.15) is 6.79 Å². The molecule has 0 saturated heterocycles. The van der Waals surface area contributed by atoms with E-state index in [1.165, 1.54) is 0 Å². The Morgan fingerprint density at radius 1 is 1.00 bits per heavy atom. The summed E-state index contributed by atoms with van der Waals surface area (Å²) in [6.45, 7) is 2.00. The van der Waals surface area contributed by atoms with Crippen LogP contribution in [0.5, 0.6) is 0 Å². The van der Waals surface area contributed by atoms with Crippen LogP contribution in [0.25, 0.3) is 0 Å². The molecule has 4 heavy (non-hydrogen) atoms. The molecule has 0 heterocycles. The number of hydrogen-bond acceptors (Lipinski definition) is 1. The Labute approximate surface area is 32.8 Å². The second kappa shape index (κ2) is 206000. The molecule has 0 bridgehead atoms. The van der Waals surface area contributed by atoms with Crippen molar-refractivity contribution in [1.29, 1.82) is 0 Å². The SMILES string of the molecule is C=O.[BeH2].[BeH2]. The first-order valence-corrected chi connectivity index (χ1v) is 0.289. The number of carbonyl (C=O) groups is 1. The first-order valence-electron chi connectivity index (χ1n) is 0.289. The molecule has 0 aromatic carbocycles. The molecular weight excluding hydrogens is 46.0 g/mol. The maximum atomic E-state index is 8.00. The molecule has 1 nitrogen and oxygen atoms in total. The van der Waals surface area contributed by atoms with E-state index in [2.05, 4.69) is 0 Å². The molecule has 0 fully saturated rings. The molecular formula is CH6Be2O. The van der Waals surface area contributed by atoms with Gasteiger partial charge in [0.05, 0.1) is 0 Å². The van der Waals surface area contributed by atoms with Crippen molar-refractivity contribution in [3.05, 3.63) is 0 Å². The summed E-state index contributed by atoms with van der Waals surface area (Å²) >= 11 is 0. The third-order valence-electron chi connectivity index (χ3n) is 0. The summed E-state index contributed by atoms with van der Waals surface area (Å²) in [6, 6.07) is 0. The fourth-order valence-electron chi connectivity index (χ4n) is 0. The second-order valence-corrected chi connectivity index (χ2v) is 0. The molecule has 3 heteroatoms. The molecule has 0 aromatic heterocycles. The van der Waals surface area contributed by atoms with Crippen LogP contribution in [0.3, 0.4) is 0 Å². The van der Waals surface area contributed by atoms with Gasteiger partial charge < -0.3 is 4.79 Å². The minimum absolute atomic E-state index is 0. The molecule has 0 spiro atoms. The summed E-state index contributed by atoms with van der Waals surface area (Å²) in [4.78, 5) is 8.00. The van der Waals surface area contributed by atoms with Crippen LogP contribution in [0, 0.1) is 0 Å². The standard InChI is InChI=1S/CH2O.2Be.4H/c1-2;;;;;;/h1H2;;;;;;. The van der Waals surface area contributed by atoms with Gasteiger partial charge in [-0.05, 0) is 0 Å². The van der Waals surface area contributed by atoms with Gasteiger partial charge in [0.2, 0.25) is 0 Å². The molecule has 0 unspecified atom stereocenters. The van der Waals surface area contributed by atoms with Crippen LogP contribution in [0.4, 0.5) is 0 Å². The van der Waals surface area contributed by atoms with Gasteiger partial charge in [-0.3, -0.25) is 0 Å². The zero-order valence-electron chi connectivity index (χ0n) is 1.12. The van der Waals surface area contributed by atoms with E-state index in [4.69, 9.17) is 4.79 Å². The summed E-state index contributed by atoms with van der Waals surface area (Å²) in [5.41, 5.74) is 0. The monoisotopic (exact) mass is 52.1 g/mol. The molecule has 0 amide bonds. The van der Waals surface area contributed by atoms with Crippen LogP contribution < -0.4 is 0 Å². The van der Waals surface area contributed by atoms with Gasteiger partial charge in [-0.2, -0.15) is 0 Å². The summed E-state index contributed by atoms with van der Waals surface area (Å²) < 4.78 is 0. The van der Waals surface area contributed by atoms with Crippen molar-refractivity contribution in [3.8, 4) is 0 Å². The van der Waals surface area contributed by atoms with E-state index in [1.54, 1.807) is 0 Å². The quantitative estimate of drug-likeness (QED) is 0.291. The van der Waals surface area contributed by atoms with Crippen molar-refractivity contribution in [2.75, 3.05) is 0 Å². The summed E-state index contributed by atoms with van der Waals surface area (Å²) in [7, 11) is 0. The Balaban J connectivity index is -0.00000000500. The fourth-order valence-corrected chi connectivity index (χ4v) is 0. The van der Waals surface area contributed by atoms with E-state index >= 15 is 0 Å². The van der Waals surface area contributed by atoms with E-state index in [0.29, 0.717) is 0 Å². The predicted molar refractivity (Wildman–Crippen MR) is 24.2 cm³/mol. The second-order valence-electron chi connectivity index (χ2n) is 0. The minimum atomic E-state index is 0. The van der Waals surface area contributed by atoms with Crippen molar-refractivity contribution in [2.45, 2.75) is 0 Å². The zero-order chi connectivity index (χ0) is 2.00. The molecule has 0 N–H and O–H groups in total. The van der Waals surface area contributed by atoms with Crippen LogP contribution in [0.1, 0.15) is 0 Å². The third kappa shape index (κ3) is 34700. The van der Waals surface area contributed by atoms with Crippen molar-refractivity contribution in [3.63, 3.8) is 0 Å². The topological polar surface area (TPSA) is 17.1 Å². The molecule has 0 radical (unpaired) electrons. The molecule has 20 valence electrons. The maximum absolute atomic E-state index is 8.00. The van der Waals surface area contributed by atoms with Crippen LogP contribution in [0.15, 0.2) is 0 Å². The molecule has 0 aliphatic rings. The molecule has 0 aromatic rings. The van der Waals surface area contributed by atoms with E-state index in [9.17, 15) is 0 Å².